The summed E-state index contributed by atoms with van der Waals surface area (Å²) in [5.74, 6) is -0.295. The molecule has 3 aromatic carbocycles. The van der Waals surface area contributed by atoms with Crippen molar-refractivity contribution >= 4 is 28.4 Å². The molecule has 0 bridgehead atoms. The maximum atomic E-state index is 12.6. The van der Waals surface area contributed by atoms with E-state index >= 15 is 0 Å². The second-order valence-electron chi connectivity index (χ2n) is 6.11. The number of hydrogen-bond donors (Lipinski definition) is 2. The first-order valence-electron chi connectivity index (χ1n) is 8.13. The van der Waals surface area contributed by atoms with Crippen molar-refractivity contribution in [1.29, 1.82) is 0 Å². The van der Waals surface area contributed by atoms with Crippen molar-refractivity contribution in [3.05, 3.63) is 77.4 Å². The quantitative estimate of drug-likeness (QED) is 0.622. The number of allylic oxidation sites excluding steroid dienone is 1. The molecular weight excluding hydrogens is 355 g/mol. The number of fused-ring (bicyclic) bond motifs is 1. The van der Waals surface area contributed by atoms with Crippen molar-refractivity contribution in [2.24, 2.45) is 0 Å². The minimum atomic E-state index is -4.39. The lowest BCUT2D eigenvalue weighted by Gasteiger charge is -2.11. The summed E-state index contributed by atoms with van der Waals surface area (Å²) in [4.78, 5) is 12.6. The lowest BCUT2D eigenvalue weighted by atomic mass is 10.0. The lowest BCUT2D eigenvalue weighted by molar-refractivity contribution is -0.0790. The Balaban J connectivity index is 1.87. The monoisotopic (exact) mass is 371 g/mol. The highest BCUT2D eigenvalue weighted by Gasteiger charge is 2.21. The largest absolute Gasteiger partial charge is 0.508 e. The van der Waals surface area contributed by atoms with Crippen LogP contribution in [0.3, 0.4) is 0 Å². The Morgan fingerprint density at radius 3 is 2.56 bits per heavy atom. The van der Waals surface area contributed by atoms with Gasteiger partial charge < -0.3 is 10.4 Å². The Labute approximate surface area is 153 Å². The molecule has 0 saturated carbocycles. The topological polar surface area (TPSA) is 49.3 Å². The number of amides is 1. The molecule has 6 heteroatoms. The maximum Gasteiger partial charge on any atom is 0.409 e. The van der Waals surface area contributed by atoms with E-state index in [2.05, 4.69) is 5.32 Å². The Bertz CT molecular complexity index is 1040. The van der Waals surface area contributed by atoms with Crippen LogP contribution in [0.4, 0.5) is 18.9 Å². The van der Waals surface area contributed by atoms with E-state index in [1.807, 2.05) is 6.07 Å². The van der Waals surface area contributed by atoms with Crippen LogP contribution in [-0.2, 0) is 0 Å². The van der Waals surface area contributed by atoms with E-state index in [4.69, 9.17) is 0 Å². The summed E-state index contributed by atoms with van der Waals surface area (Å²) < 4.78 is 36.8. The van der Waals surface area contributed by atoms with Crippen LogP contribution in [0.15, 0.2) is 60.7 Å². The number of phenolic OH excluding ortho intramolecular Hbond substituents is 1. The summed E-state index contributed by atoms with van der Waals surface area (Å²) in [5.41, 5.74) is 1.81. The fraction of sp³-hybridized carbons (Fsp3) is 0.0952. The molecule has 3 nitrogen and oxygen atoms in total. The normalized spacial score (nSPS) is 11.9. The van der Waals surface area contributed by atoms with Crippen molar-refractivity contribution in [3.63, 3.8) is 0 Å². The Morgan fingerprint density at radius 2 is 1.85 bits per heavy atom. The number of halogens is 3. The van der Waals surface area contributed by atoms with Gasteiger partial charge in [-0.25, -0.2) is 0 Å². The van der Waals surface area contributed by atoms with E-state index in [-0.39, 0.29) is 17.7 Å². The lowest BCUT2D eigenvalue weighted by Crippen LogP contribution is -2.13. The average Bonchev–Trinajstić information content (AvgIpc) is 2.60. The number of nitrogens with one attached hydrogen (secondary N) is 1. The second-order valence-corrected chi connectivity index (χ2v) is 6.11. The first-order valence-corrected chi connectivity index (χ1v) is 8.13. The SMILES string of the molecule is Cc1cc(/C=C/C(F)(F)F)ccc1C(=O)Nc1cccc2ccc(O)cc12. The van der Waals surface area contributed by atoms with E-state index in [9.17, 15) is 23.1 Å². The number of anilines is 1. The van der Waals surface area contributed by atoms with Gasteiger partial charge in [-0.05, 0) is 47.7 Å². The van der Waals surface area contributed by atoms with Gasteiger partial charge >= 0.3 is 6.18 Å². The van der Waals surface area contributed by atoms with E-state index in [0.717, 1.165) is 11.5 Å². The summed E-state index contributed by atoms with van der Waals surface area (Å²) in [5, 5.41) is 14.0. The molecule has 0 unspecified atom stereocenters. The van der Waals surface area contributed by atoms with Crippen LogP contribution in [0.1, 0.15) is 21.5 Å². The molecule has 0 spiro atoms. The number of aryl methyl sites for hydroxylation is 1. The third kappa shape index (κ3) is 4.47. The molecule has 0 heterocycles. The highest BCUT2D eigenvalue weighted by Crippen LogP contribution is 2.28. The molecule has 1 amide bonds. The average molecular weight is 371 g/mol. The third-order valence-electron chi connectivity index (χ3n) is 4.07. The van der Waals surface area contributed by atoms with Crippen LogP contribution in [0, 0.1) is 6.92 Å². The number of hydrogen-bond acceptors (Lipinski definition) is 2. The summed E-state index contributed by atoms with van der Waals surface area (Å²) in [6, 6.07) is 14.7. The number of carbonyl (C=O) groups excluding carboxylic acids is 1. The van der Waals surface area contributed by atoms with Crippen molar-refractivity contribution in [2.75, 3.05) is 5.32 Å². The van der Waals surface area contributed by atoms with Gasteiger partial charge in [0.15, 0.2) is 0 Å². The van der Waals surface area contributed by atoms with Gasteiger partial charge in [-0.1, -0.05) is 36.4 Å². The molecule has 0 aliphatic heterocycles. The van der Waals surface area contributed by atoms with Gasteiger partial charge in [-0.15, -0.1) is 0 Å². The number of benzene rings is 3. The zero-order chi connectivity index (χ0) is 19.6. The van der Waals surface area contributed by atoms with Gasteiger partial charge in [0.2, 0.25) is 0 Å². The van der Waals surface area contributed by atoms with Crippen molar-refractivity contribution in [1.82, 2.24) is 0 Å². The van der Waals surface area contributed by atoms with Crippen LogP contribution in [0.25, 0.3) is 16.8 Å². The van der Waals surface area contributed by atoms with E-state index < -0.39 is 6.18 Å². The first kappa shape index (κ1) is 18.5. The number of alkyl halides is 3. The molecule has 0 aromatic heterocycles. The van der Waals surface area contributed by atoms with Gasteiger partial charge in [0.1, 0.15) is 5.75 Å². The molecule has 0 aliphatic rings. The van der Waals surface area contributed by atoms with E-state index in [1.54, 1.807) is 37.3 Å². The molecule has 3 rings (SSSR count). The van der Waals surface area contributed by atoms with Gasteiger partial charge in [-0.3, -0.25) is 4.79 Å². The van der Waals surface area contributed by atoms with Crippen LogP contribution < -0.4 is 5.32 Å². The molecule has 3 aromatic rings. The number of rotatable bonds is 3. The highest BCUT2D eigenvalue weighted by atomic mass is 19.4. The fourth-order valence-electron chi connectivity index (χ4n) is 2.80. The van der Waals surface area contributed by atoms with Gasteiger partial charge in [0.25, 0.3) is 5.91 Å². The highest BCUT2D eigenvalue weighted by molar-refractivity contribution is 6.10. The fourth-order valence-corrected chi connectivity index (χ4v) is 2.80. The molecule has 2 N–H and O–H groups in total. The van der Waals surface area contributed by atoms with Crippen LogP contribution in [0.2, 0.25) is 0 Å². The first-order chi connectivity index (χ1) is 12.7. The molecule has 0 radical (unpaired) electrons. The number of phenols is 1. The molecule has 0 atom stereocenters. The van der Waals surface area contributed by atoms with E-state index in [0.29, 0.717) is 27.8 Å². The molecule has 27 heavy (non-hydrogen) atoms. The third-order valence-corrected chi connectivity index (χ3v) is 4.07. The Kier molecular flexibility index (Phi) is 4.90. The number of carbonyl (C=O) groups is 1. The standard InChI is InChI=1S/C21H16F3NO2/c1-13-11-14(9-10-21(22,23)24)5-8-17(13)20(27)25-19-4-2-3-15-6-7-16(26)12-18(15)19/h2-12,26H,1H3,(H,25,27)/b10-9+. The smallest absolute Gasteiger partial charge is 0.409 e. The molecule has 0 aliphatic carbocycles. The summed E-state index contributed by atoms with van der Waals surface area (Å²) in [6.07, 6.45) is -3.27. The minimum absolute atomic E-state index is 0.0844. The maximum absolute atomic E-state index is 12.6. The van der Waals surface area contributed by atoms with Crippen LogP contribution in [0.5, 0.6) is 5.75 Å². The zero-order valence-electron chi connectivity index (χ0n) is 14.3. The molecular formula is C21H16F3NO2. The molecule has 138 valence electrons. The van der Waals surface area contributed by atoms with E-state index in [1.165, 1.54) is 18.2 Å². The minimum Gasteiger partial charge on any atom is -0.508 e. The van der Waals surface area contributed by atoms with Crippen LogP contribution >= 0.6 is 0 Å². The van der Waals surface area contributed by atoms with Crippen molar-refractivity contribution < 1.29 is 23.1 Å². The molecule has 0 fully saturated rings. The number of aromatic hydroxyl groups is 1. The van der Waals surface area contributed by atoms with Gasteiger partial charge in [0, 0.05) is 22.7 Å². The van der Waals surface area contributed by atoms with Crippen molar-refractivity contribution in [3.8, 4) is 5.75 Å². The summed E-state index contributed by atoms with van der Waals surface area (Å²) in [7, 11) is 0. The Hall–Kier alpha value is -3.28. The van der Waals surface area contributed by atoms with Gasteiger partial charge in [-0.2, -0.15) is 13.2 Å². The van der Waals surface area contributed by atoms with Crippen molar-refractivity contribution in [2.45, 2.75) is 13.1 Å². The summed E-state index contributed by atoms with van der Waals surface area (Å²) in [6.45, 7) is 1.66. The Morgan fingerprint density at radius 1 is 1.07 bits per heavy atom. The van der Waals surface area contributed by atoms with Gasteiger partial charge in [0.05, 0.1) is 0 Å². The predicted octanol–water partition coefficient (Wildman–Crippen LogP) is 5.68. The second kappa shape index (κ2) is 7.15. The zero-order valence-corrected chi connectivity index (χ0v) is 14.3. The predicted molar refractivity (Wildman–Crippen MR) is 99.8 cm³/mol. The van der Waals surface area contributed by atoms with Crippen LogP contribution in [-0.4, -0.2) is 17.2 Å². The molecule has 0 saturated heterocycles. The summed E-state index contributed by atoms with van der Waals surface area (Å²) >= 11 is 0.